The lowest BCUT2D eigenvalue weighted by atomic mass is 11.0. The first-order valence-electron chi connectivity index (χ1n) is 1.26. The highest BCUT2D eigenvalue weighted by Gasteiger charge is 1.75. The predicted octanol–water partition coefficient (Wildman–Crippen LogP) is -1.09. The highest BCUT2D eigenvalue weighted by Crippen LogP contribution is 1.52. The Balaban J connectivity index is 3.30. The maximum absolute atomic E-state index is 9.39. The van der Waals surface area contributed by atoms with E-state index in [2.05, 4.69) is 6.42 Å². The van der Waals surface area contributed by atoms with Crippen molar-refractivity contribution in [3.63, 3.8) is 0 Å². The Morgan fingerprint density at radius 3 is 2.50 bits per heavy atom. The number of terminal acetylenes is 1. The Hall–Kier alpha value is -1.01. The first-order chi connectivity index (χ1) is 2.81. The summed E-state index contributed by atoms with van der Waals surface area (Å²) in [7, 11) is 0. The smallest absolute Gasteiger partial charge is 0.235 e. The molecule has 0 rings (SSSR count). The largest absolute Gasteiger partial charge is 0.276 e. The summed E-state index contributed by atoms with van der Waals surface area (Å²) in [4.78, 5) is 9.39. The second kappa shape index (κ2) is 2.24. The van der Waals surface area contributed by atoms with Crippen LogP contribution >= 0.6 is 0 Å². The quantitative estimate of drug-likeness (QED) is 0.109. The fourth-order valence-electron chi connectivity index (χ4n) is 0.0304. The van der Waals surface area contributed by atoms with Gasteiger partial charge < -0.3 is 0 Å². The molecule has 0 aliphatic heterocycles. The van der Waals surface area contributed by atoms with E-state index < -0.39 is 0 Å². The van der Waals surface area contributed by atoms with Crippen molar-refractivity contribution in [2.45, 2.75) is 0 Å². The molecule has 0 fully saturated rings. The van der Waals surface area contributed by atoms with Gasteiger partial charge in [0.15, 0.2) is 0 Å². The lowest BCUT2D eigenvalue weighted by Gasteiger charge is -1.91. The molecule has 0 aliphatic rings. The Bertz CT molecular complexity index is 83.3. The zero-order valence-electron chi connectivity index (χ0n) is 3.09. The van der Waals surface area contributed by atoms with Crippen molar-refractivity contribution in [1.82, 2.24) is 5.01 Å². The molecule has 3 heteroatoms. The average molecular weight is 84.1 g/mol. The van der Waals surface area contributed by atoms with Crippen molar-refractivity contribution >= 4 is 6.41 Å². The zero-order chi connectivity index (χ0) is 4.99. The molecule has 0 aromatic carbocycles. The molecule has 6 heavy (non-hydrogen) atoms. The SMILES string of the molecule is C#CN(N)C=O. The lowest BCUT2D eigenvalue weighted by molar-refractivity contribution is -0.115. The molecule has 0 heterocycles. The summed E-state index contributed by atoms with van der Waals surface area (Å²) in [5.41, 5.74) is 0. The second-order valence-corrected chi connectivity index (χ2v) is 0.642. The Morgan fingerprint density at radius 2 is 2.50 bits per heavy atom. The summed E-state index contributed by atoms with van der Waals surface area (Å²) in [6.07, 6.45) is 4.95. The zero-order valence-corrected chi connectivity index (χ0v) is 3.09. The second-order valence-electron chi connectivity index (χ2n) is 0.642. The number of amides is 1. The Kier molecular flexibility index (Phi) is 1.86. The number of nitrogens with two attached hydrogens (primary N) is 1. The Labute approximate surface area is 35.7 Å². The molecule has 0 bridgehead atoms. The van der Waals surface area contributed by atoms with Crippen LogP contribution in [0.1, 0.15) is 0 Å². The molecular weight excluding hydrogens is 80.0 g/mol. The van der Waals surface area contributed by atoms with Crippen LogP contribution in [0.2, 0.25) is 0 Å². The van der Waals surface area contributed by atoms with Crippen LogP contribution in [0.4, 0.5) is 0 Å². The van der Waals surface area contributed by atoms with E-state index in [0.717, 1.165) is 0 Å². The molecule has 0 aromatic heterocycles. The van der Waals surface area contributed by atoms with Crippen LogP contribution in [-0.4, -0.2) is 11.4 Å². The van der Waals surface area contributed by atoms with E-state index in [1.54, 1.807) is 0 Å². The number of carbonyl (C=O) groups excluding carboxylic acids is 1. The highest BCUT2D eigenvalue weighted by molar-refractivity contribution is 5.48. The molecule has 0 spiro atoms. The predicted molar refractivity (Wildman–Crippen MR) is 20.9 cm³/mol. The van der Waals surface area contributed by atoms with Gasteiger partial charge in [-0.1, -0.05) is 6.42 Å². The summed E-state index contributed by atoms with van der Waals surface area (Å²) in [6, 6.07) is 1.86. The number of carbonyl (C=O) groups is 1. The first kappa shape index (κ1) is 4.99. The normalized spacial score (nSPS) is 6.00. The fraction of sp³-hybridized carbons (Fsp3) is 0. The number of hydrogen-bond acceptors (Lipinski definition) is 2. The summed E-state index contributed by atoms with van der Waals surface area (Å²) in [5, 5.41) is 0.597. The van der Waals surface area contributed by atoms with E-state index >= 15 is 0 Å². The molecule has 1 amide bonds. The standard InChI is InChI=1S/C3H4N2O/c1-2-5(4)3-6/h1,3H,4H2. The molecule has 0 saturated heterocycles. The van der Waals surface area contributed by atoms with Crippen LogP contribution < -0.4 is 5.84 Å². The van der Waals surface area contributed by atoms with Gasteiger partial charge in [0.1, 0.15) is 0 Å². The maximum atomic E-state index is 9.39. The van der Waals surface area contributed by atoms with Gasteiger partial charge in [-0.05, 0) is 0 Å². The molecule has 0 unspecified atom stereocenters. The Morgan fingerprint density at radius 1 is 2.00 bits per heavy atom. The van der Waals surface area contributed by atoms with Gasteiger partial charge in [-0.15, -0.1) is 0 Å². The van der Waals surface area contributed by atoms with Crippen molar-refractivity contribution in [2.24, 2.45) is 5.84 Å². The van der Waals surface area contributed by atoms with E-state index in [9.17, 15) is 4.79 Å². The third-order valence-corrected chi connectivity index (χ3v) is 0.263. The summed E-state index contributed by atoms with van der Waals surface area (Å²) in [5.74, 6) is 4.70. The fourth-order valence-corrected chi connectivity index (χ4v) is 0.0304. The van der Waals surface area contributed by atoms with Gasteiger partial charge in [0, 0.05) is 6.04 Å². The minimum absolute atomic E-state index is 0.347. The van der Waals surface area contributed by atoms with Crippen molar-refractivity contribution in [2.75, 3.05) is 0 Å². The van der Waals surface area contributed by atoms with E-state index in [4.69, 9.17) is 5.84 Å². The first-order valence-corrected chi connectivity index (χ1v) is 1.26. The molecule has 0 saturated carbocycles. The number of nitrogens with zero attached hydrogens (tertiary/aromatic N) is 1. The van der Waals surface area contributed by atoms with E-state index in [0.29, 0.717) is 11.4 Å². The van der Waals surface area contributed by atoms with Gasteiger partial charge in [-0.2, -0.15) is 0 Å². The van der Waals surface area contributed by atoms with Crippen LogP contribution in [0.25, 0.3) is 0 Å². The summed E-state index contributed by atoms with van der Waals surface area (Å²) < 4.78 is 0. The molecule has 32 valence electrons. The minimum atomic E-state index is 0.347. The molecule has 0 atom stereocenters. The van der Waals surface area contributed by atoms with Gasteiger partial charge in [0.2, 0.25) is 6.41 Å². The third-order valence-electron chi connectivity index (χ3n) is 0.263. The third kappa shape index (κ3) is 1.32. The van der Waals surface area contributed by atoms with Crippen LogP contribution in [-0.2, 0) is 4.79 Å². The summed E-state index contributed by atoms with van der Waals surface area (Å²) in [6.45, 7) is 0. The number of rotatable bonds is 1. The topological polar surface area (TPSA) is 46.3 Å². The monoisotopic (exact) mass is 84.0 g/mol. The molecular formula is C3H4N2O. The number of hydrogen-bond donors (Lipinski definition) is 1. The van der Waals surface area contributed by atoms with Crippen molar-refractivity contribution in [3.8, 4) is 12.5 Å². The lowest BCUT2D eigenvalue weighted by Crippen LogP contribution is -2.22. The van der Waals surface area contributed by atoms with Crippen molar-refractivity contribution < 1.29 is 4.79 Å². The maximum Gasteiger partial charge on any atom is 0.235 e. The van der Waals surface area contributed by atoms with E-state index in [1.165, 1.54) is 0 Å². The van der Waals surface area contributed by atoms with Crippen LogP contribution in [0, 0.1) is 12.5 Å². The van der Waals surface area contributed by atoms with Gasteiger partial charge >= 0.3 is 0 Å². The summed E-state index contributed by atoms with van der Waals surface area (Å²) >= 11 is 0. The molecule has 0 aromatic rings. The van der Waals surface area contributed by atoms with Crippen LogP contribution in [0.15, 0.2) is 0 Å². The minimum Gasteiger partial charge on any atom is -0.276 e. The van der Waals surface area contributed by atoms with Gasteiger partial charge in [0.25, 0.3) is 0 Å². The van der Waals surface area contributed by atoms with Crippen LogP contribution in [0.3, 0.4) is 0 Å². The van der Waals surface area contributed by atoms with Gasteiger partial charge in [0.05, 0.1) is 0 Å². The van der Waals surface area contributed by atoms with Gasteiger partial charge in [-0.3, -0.25) is 4.79 Å². The van der Waals surface area contributed by atoms with E-state index in [1.807, 2.05) is 6.04 Å². The van der Waals surface area contributed by atoms with Crippen molar-refractivity contribution in [1.29, 1.82) is 0 Å². The van der Waals surface area contributed by atoms with E-state index in [-0.39, 0.29) is 0 Å². The van der Waals surface area contributed by atoms with Crippen molar-refractivity contribution in [3.05, 3.63) is 0 Å². The number of hydrazine groups is 1. The molecule has 2 N–H and O–H groups in total. The highest BCUT2D eigenvalue weighted by atomic mass is 16.1. The molecule has 0 radical (unpaired) electrons. The van der Waals surface area contributed by atoms with Gasteiger partial charge in [-0.25, -0.2) is 10.9 Å². The molecule has 0 aliphatic carbocycles. The average Bonchev–Trinajstić information content (AvgIpc) is 1.65. The molecule has 3 nitrogen and oxygen atoms in total. The van der Waals surface area contributed by atoms with Crippen LogP contribution in [0.5, 0.6) is 0 Å².